The third-order valence-electron chi connectivity index (χ3n) is 3.95. The van der Waals surface area contributed by atoms with Gasteiger partial charge in [-0.05, 0) is 26.8 Å². The predicted octanol–water partition coefficient (Wildman–Crippen LogP) is 4.12. The Morgan fingerprint density at radius 3 is 2.52 bits per heavy atom. The Kier molecular flexibility index (Phi) is 8.48. The summed E-state index contributed by atoms with van der Waals surface area (Å²) >= 11 is 1.39. The lowest BCUT2D eigenvalue weighted by Gasteiger charge is -2.16. The largest absolute Gasteiger partial charge is 0.353 e. The monoisotopic (exact) mass is 421 g/mol. The van der Waals surface area contributed by atoms with Crippen LogP contribution in [0.3, 0.4) is 0 Å². The molecule has 0 bridgehead atoms. The molecule has 9 heteroatoms. The minimum absolute atomic E-state index is 0.142. The molecule has 160 valence electrons. The quantitative estimate of drug-likeness (QED) is 0.591. The fourth-order valence-corrected chi connectivity index (χ4v) is 3.50. The molecule has 0 fully saturated rings. The summed E-state index contributed by atoms with van der Waals surface area (Å²) in [6, 6.07) is 1.55. The normalized spacial score (nSPS) is 11.7. The molecule has 0 aliphatic carbocycles. The molecule has 29 heavy (non-hydrogen) atoms. The van der Waals surface area contributed by atoms with Gasteiger partial charge in [0.05, 0.1) is 16.3 Å². The Balaban J connectivity index is 1.97. The summed E-state index contributed by atoms with van der Waals surface area (Å²) < 4.78 is 10.9. The smallest absolute Gasteiger partial charge is 0.321 e. The van der Waals surface area contributed by atoms with Crippen molar-refractivity contribution in [2.75, 3.05) is 25.1 Å². The summed E-state index contributed by atoms with van der Waals surface area (Å²) in [5.74, 6) is 0.771. The van der Waals surface area contributed by atoms with Crippen LogP contribution in [0.15, 0.2) is 12.3 Å². The van der Waals surface area contributed by atoms with Crippen molar-refractivity contribution < 1.29 is 14.3 Å². The van der Waals surface area contributed by atoms with Crippen molar-refractivity contribution in [2.45, 2.75) is 59.7 Å². The number of aromatic nitrogens is 3. The van der Waals surface area contributed by atoms with Gasteiger partial charge in [0.2, 0.25) is 0 Å². The molecule has 0 unspecified atom stereocenters. The number of thiazole rings is 1. The molecule has 2 heterocycles. The van der Waals surface area contributed by atoms with Gasteiger partial charge in [-0.2, -0.15) is 0 Å². The summed E-state index contributed by atoms with van der Waals surface area (Å²) in [6.07, 6.45) is 2.02. The van der Waals surface area contributed by atoms with Crippen LogP contribution in [-0.4, -0.2) is 47.0 Å². The molecule has 0 spiro atoms. The molecular formula is C20H31N5O3S. The zero-order valence-electron chi connectivity index (χ0n) is 18.0. The molecule has 0 radical (unpaired) electrons. The number of nitrogens with zero attached hydrogens (tertiary/aromatic N) is 3. The van der Waals surface area contributed by atoms with E-state index in [4.69, 9.17) is 9.47 Å². The number of hydrogen-bond donors (Lipinski definition) is 2. The van der Waals surface area contributed by atoms with E-state index in [1.807, 2.05) is 26.8 Å². The highest BCUT2D eigenvalue weighted by atomic mass is 32.1. The minimum Gasteiger partial charge on any atom is -0.353 e. The summed E-state index contributed by atoms with van der Waals surface area (Å²) in [5, 5.41) is 6.12. The van der Waals surface area contributed by atoms with Crippen molar-refractivity contribution in [3.05, 3.63) is 23.8 Å². The number of carbonyl (C=O) groups excluding carboxylic acids is 1. The molecule has 0 aromatic carbocycles. The van der Waals surface area contributed by atoms with E-state index in [0.29, 0.717) is 31.3 Å². The molecule has 2 rings (SSSR count). The van der Waals surface area contributed by atoms with Crippen LogP contribution in [0.5, 0.6) is 0 Å². The maximum absolute atomic E-state index is 12.2. The number of carbonyl (C=O) groups is 1. The Bertz CT molecular complexity index is 798. The number of rotatable bonds is 9. The van der Waals surface area contributed by atoms with E-state index < -0.39 is 0 Å². The van der Waals surface area contributed by atoms with Gasteiger partial charge in [0.1, 0.15) is 5.82 Å². The van der Waals surface area contributed by atoms with Crippen molar-refractivity contribution in [1.82, 2.24) is 20.3 Å². The Morgan fingerprint density at radius 1 is 1.21 bits per heavy atom. The maximum atomic E-state index is 12.2. The van der Waals surface area contributed by atoms with E-state index in [1.54, 1.807) is 6.20 Å². The lowest BCUT2D eigenvalue weighted by atomic mass is 9.95. The number of anilines is 1. The lowest BCUT2D eigenvalue weighted by molar-refractivity contribution is -0.138. The van der Waals surface area contributed by atoms with Crippen molar-refractivity contribution in [2.24, 2.45) is 0 Å². The minimum atomic E-state index is -0.311. The second-order valence-corrected chi connectivity index (χ2v) is 8.46. The molecule has 2 N–H and O–H groups in total. The van der Waals surface area contributed by atoms with Crippen molar-refractivity contribution in [1.29, 1.82) is 0 Å². The molecular weight excluding hydrogens is 390 g/mol. The topological polar surface area (TPSA) is 98.3 Å². The average Bonchev–Trinajstić information content (AvgIpc) is 3.01. The van der Waals surface area contributed by atoms with Crippen LogP contribution in [0.25, 0.3) is 10.6 Å². The van der Waals surface area contributed by atoms with Gasteiger partial charge >= 0.3 is 6.03 Å². The Labute approximate surface area is 176 Å². The highest BCUT2D eigenvalue weighted by Crippen LogP contribution is 2.32. The van der Waals surface area contributed by atoms with E-state index in [-0.39, 0.29) is 17.7 Å². The second kappa shape index (κ2) is 10.6. The fraction of sp³-hybridized carbons (Fsp3) is 0.600. The van der Waals surface area contributed by atoms with Crippen LogP contribution in [-0.2, 0) is 14.9 Å². The molecule has 8 nitrogen and oxygen atoms in total. The molecule has 0 aliphatic heterocycles. The van der Waals surface area contributed by atoms with Crippen LogP contribution >= 0.6 is 11.3 Å². The number of nitrogens with one attached hydrogen (secondary N) is 2. The van der Waals surface area contributed by atoms with Gasteiger partial charge < -0.3 is 14.8 Å². The molecule has 0 aliphatic rings. The SMILES string of the molecule is CCOC(CCNC(=O)Nc1nc(C)c(-c2ccnc(C(C)(C)C)n2)s1)OCC. The highest BCUT2D eigenvalue weighted by Gasteiger charge is 2.19. The molecule has 0 atom stereocenters. The Morgan fingerprint density at radius 2 is 1.90 bits per heavy atom. The number of urea groups is 1. The summed E-state index contributed by atoms with van der Waals surface area (Å²) in [7, 11) is 0. The number of hydrogen-bond acceptors (Lipinski definition) is 7. The van der Waals surface area contributed by atoms with Crippen LogP contribution in [0.4, 0.5) is 9.93 Å². The number of aryl methyl sites for hydroxylation is 1. The van der Waals surface area contributed by atoms with E-state index in [0.717, 1.165) is 22.1 Å². The summed E-state index contributed by atoms with van der Waals surface area (Å²) in [5.41, 5.74) is 1.48. The van der Waals surface area contributed by atoms with Crippen LogP contribution in [0, 0.1) is 6.92 Å². The first-order valence-corrected chi connectivity index (χ1v) is 10.7. The van der Waals surface area contributed by atoms with Gasteiger partial charge in [0.15, 0.2) is 11.4 Å². The second-order valence-electron chi connectivity index (χ2n) is 7.46. The van der Waals surface area contributed by atoms with E-state index in [9.17, 15) is 4.79 Å². The maximum Gasteiger partial charge on any atom is 0.321 e. The number of ether oxygens (including phenoxy) is 2. The molecule has 2 aromatic rings. The van der Waals surface area contributed by atoms with Crippen molar-refractivity contribution in [3.63, 3.8) is 0 Å². The first kappa shape index (κ1) is 23.2. The van der Waals surface area contributed by atoms with Gasteiger partial charge in [-0.25, -0.2) is 19.7 Å². The summed E-state index contributed by atoms with van der Waals surface area (Å²) in [6.45, 7) is 13.5. The van der Waals surface area contributed by atoms with Gasteiger partial charge in [-0.15, -0.1) is 0 Å². The lowest BCUT2D eigenvalue weighted by Crippen LogP contribution is -2.32. The van der Waals surface area contributed by atoms with Crippen LogP contribution in [0.1, 0.15) is 52.6 Å². The fourth-order valence-electron chi connectivity index (χ4n) is 2.57. The van der Waals surface area contributed by atoms with Crippen molar-refractivity contribution >= 4 is 22.5 Å². The molecule has 2 aromatic heterocycles. The molecule has 0 saturated heterocycles. The zero-order chi connectivity index (χ0) is 21.4. The Hall–Kier alpha value is -2.10. The van der Waals surface area contributed by atoms with E-state index >= 15 is 0 Å². The highest BCUT2D eigenvalue weighted by molar-refractivity contribution is 7.19. The average molecular weight is 422 g/mol. The standard InChI is InChI=1S/C20H31N5O3S/c1-7-27-15(28-8-2)10-12-22-18(26)25-19-23-13(3)16(29-19)14-9-11-21-17(24-14)20(4,5)6/h9,11,15H,7-8,10,12H2,1-6H3,(H2,22,23,25,26). The zero-order valence-corrected chi connectivity index (χ0v) is 18.9. The molecule has 2 amide bonds. The van der Waals surface area contributed by atoms with Crippen molar-refractivity contribution in [3.8, 4) is 10.6 Å². The van der Waals surface area contributed by atoms with Gasteiger partial charge in [0, 0.05) is 37.8 Å². The first-order chi connectivity index (χ1) is 13.7. The molecule has 0 saturated carbocycles. The number of amides is 2. The predicted molar refractivity (Wildman–Crippen MR) is 115 cm³/mol. The van der Waals surface area contributed by atoms with Gasteiger partial charge in [-0.3, -0.25) is 5.32 Å². The third-order valence-corrected chi connectivity index (χ3v) is 5.04. The van der Waals surface area contributed by atoms with E-state index in [1.165, 1.54) is 11.3 Å². The van der Waals surface area contributed by atoms with Gasteiger partial charge in [-0.1, -0.05) is 32.1 Å². The van der Waals surface area contributed by atoms with E-state index in [2.05, 4.69) is 46.4 Å². The van der Waals surface area contributed by atoms with Crippen LogP contribution in [0.2, 0.25) is 0 Å². The van der Waals surface area contributed by atoms with Crippen LogP contribution < -0.4 is 10.6 Å². The third kappa shape index (κ3) is 7.02. The summed E-state index contributed by atoms with van der Waals surface area (Å²) in [4.78, 5) is 26.6. The van der Waals surface area contributed by atoms with Gasteiger partial charge in [0.25, 0.3) is 0 Å². The first-order valence-electron chi connectivity index (χ1n) is 9.84.